The molecule has 126 valence electrons. The summed E-state index contributed by atoms with van der Waals surface area (Å²) >= 11 is 1.57. The Morgan fingerprint density at radius 3 is 2.38 bits per heavy atom. The summed E-state index contributed by atoms with van der Waals surface area (Å²) in [7, 11) is 3.15. The van der Waals surface area contributed by atoms with Gasteiger partial charge >= 0.3 is 5.69 Å². The molecule has 0 aliphatic carbocycles. The van der Waals surface area contributed by atoms with E-state index in [-0.39, 0.29) is 11.2 Å². The van der Waals surface area contributed by atoms with Gasteiger partial charge in [0.1, 0.15) is 0 Å². The second kappa shape index (κ2) is 6.32. The predicted molar refractivity (Wildman–Crippen MR) is 96.9 cm³/mol. The van der Waals surface area contributed by atoms with Gasteiger partial charge in [-0.05, 0) is 18.2 Å². The van der Waals surface area contributed by atoms with Crippen molar-refractivity contribution in [3.05, 3.63) is 56.2 Å². The normalized spacial score (nSPS) is 11.3. The molecule has 2 heterocycles. The fourth-order valence-electron chi connectivity index (χ4n) is 2.69. The Bertz CT molecular complexity index is 1010. The van der Waals surface area contributed by atoms with Crippen molar-refractivity contribution in [2.24, 2.45) is 14.1 Å². The molecule has 3 rings (SSSR count). The third kappa shape index (κ3) is 2.69. The van der Waals surface area contributed by atoms with Gasteiger partial charge in [0.05, 0.1) is 6.54 Å². The van der Waals surface area contributed by atoms with Crippen LogP contribution in [0.5, 0.6) is 0 Å². The molecule has 0 radical (unpaired) electrons. The maximum atomic E-state index is 12.7. The summed E-state index contributed by atoms with van der Waals surface area (Å²) in [5.74, 6) is 0.839. The number of imidazole rings is 1. The molecule has 0 atom stereocenters. The Labute approximate surface area is 143 Å². The quantitative estimate of drug-likeness (QED) is 0.678. The lowest BCUT2D eigenvalue weighted by atomic mass is 10.1. The highest BCUT2D eigenvalue weighted by atomic mass is 32.2. The zero-order valence-electron chi connectivity index (χ0n) is 14.2. The summed E-state index contributed by atoms with van der Waals surface area (Å²) in [6, 6.07) is 8.20. The van der Waals surface area contributed by atoms with Crippen molar-refractivity contribution < 1.29 is 0 Å². The summed E-state index contributed by atoms with van der Waals surface area (Å²) in [4.78, 5) is 29.4. The van der Waals surface area contributed by atoms with E-state index in [0.29, 0.717) is 17.7 Å². The number of thioether (sulfide) groups is 1. The van der Waals surface area contributed by atoms with Crippen molar-refractivity contribution >= 4 is 22.9 Å². The molecule has 7 heteroatoms. The average Bonchev–Trinajstić information content (AvgIpc) is 2.92. The molecule has 1 aromatic carbocycles. The van der Waals surface area contributed by atoms with Gasteiger partial charge in [-0.15, -0.1) is 0 Å². The molecular weight excluding hydrogens is 324 g/mol. The van der Waals surface area contributed by atoms with Crippen LogP contribution in [0.2, 0.25) is 0 Å². The van der Waals surface area contributed by atoms with Crippen LogP contribution >= 0.6 is 11.8 Å². The highest BCUT2D eigenvalue weighted by Gasteiger charge is 2.19. The van der Waals surface area contributed by atoms with Gasteiger partial charge in [0.25, 0.3) is 5.56 Å². The molecule has 0 fully saturated rings. The van der Waals surface area contributed by atoms with Gasteiger partial charge in [-0.25, -0.2) is 9.78 Å². The number of aromatic nitrogens is 4. The van der Waals surface area contributed by atoms with Crippen molar-refractivity contribution in [3.63, 3.8) is 0 Å². The summed E-state index contributed by atoms with van der Waals surface area (Å²) < 4.78 is 4.48. The predicted octanol–water partition coefficient (Wildman–Crippen LogP) is 1.90. The van der Waals surface area contributed by atoms with Crippen LogP contribution in [0.1, 0.15) is 18.1 Å². The monoisotopic (exact) mass is 344 g/mol. The molecule has 0 amide bonds. The van der Waals surface area contributed by atoms with Crippen LogP contribution in [0.4, 0.5) is 0 Å². The van der Waals surface area contributed by atoms with Gasteiger partial charge in [0.2, 0.25) is 0 Å². The van der Waals surface area contributed by atoms with E-state index in [9.17, 15) is 9.59 Å². The molecule has 0 saturated carbocycles. The molecule has 3 aromatic rings. The molecule has 0 N–H and O–H groups in total. The largest absolute Gasteiger partial charge is 0.332 e. The topological polar surface area (TPSA) is 61.8 Å². The Hall–Kier alpha value is -2.28. The highest BCUT2D eigenvalue weighted by Crippen LogP contribution is 2.22. The van der Waals surface area contributed by atoms with Crippen LogP contribution < -0.4 is 11.2 Å². The van der Waals surface area contributed by atoms with Crippen LogP contribution in [0, 0.1) is 6.92 Å². The third-order valence-electron chi connectivity index (χ3n) is 4.05. The molecule has 24 heavy (non-hydrogen) atoms. The number of hydrogen-bond donors (Lipinski definition) is 0. The zero-order chi connectivity index (χ0) is 17.4. The molecule has 2 aromatic heterocycles. The van der Waals surface area contributed by atoms with E-state index in [4.69, 9.17) is 0 Å². The lowest BCUT2D eigenvalue weighted by molar-refractivity contribution is 0.696. The summed E-state index contributed by atoms with van der Waals surface area (Å²) in [5.41, 5.74) is 2.52. The molecular formula is C17H20N4O2S. The van der Waals surface area contributed by atoms with E-state index >= 15 is 0 Å². The fraction of sp³-hybridized carbons (Fsp3) is 0.353. The van der Waals surface area contributed by atoms with E-state index in [0.717, 1.165) is 21.0 Å². The molecule has 0 aliphatic rings. The first-order valence-corrected chi connectivity index (χ1v) is 8.77. The molecule has 0 aliphatic heterocycles. The number of aryl methyl sites for hydroxylation is 2. The SMILES string of the molecule is CCSc1nc2c(c(=O)n(C)c(=O)n2C)n1Cc1ccc(C)cc1. The van der Waals surface area contributed by atoms with Crippen molar-refractivity contribution in [1.29, 1.82) is 0 Å². The van der Waals surface area contributed by atoms with Crippen molar-refractivity contribution in [2.45, 2.75) is 25.5 Å². The molecule has 0 saturated heterocycles. The number of nitrogens with zero attached hydrogens (tertiary/aromatic N) is 4. The Morgan fingerprint density at radius 2 is 1.75 bits per heavy atom. The Morgan fingerprint density at radius 1 is 1.08 bits per heavy atom. The standard InChI is InChI=1S/C17H20N4O2S/c1-5-24-16-18-14-13(15(22)20(4)17(23)19(14)3)21(16)10-12-8-6-11(2)7-9-12/h6-9H,5,10H2,1-4H3. The minimum absolute atomic E-state index is 0.310. The van der Waals surface area contributed by atoms with Gasteiger partial charge in [0.15, 0.2) is 16.3 Å². The highest BCUT2D eigenvalue weighted by molar-refractivity contribution is 7.99. The van der Waals surface area contributed by atoms with Gasteiger partial charge in [0, 0.05) is 14.1 Å². The third-order valence-corrected chi connectivity index (χ3v) is 4.91. The fourth-order valence-corrected chi connectivity index (χ4v) is 3.41. The van der Waals surface area contributed by atoms with Crippen LogP contribution in [-0.4, -0.2) is 24.4 Å². The zero-order valence-corrected chi connectivity index (χ0v) is 15.1. The molecule has 0 bridgehead atoms. The lowest BCUT2D eigenvalue weighted by Crippen LogP contribution is -2.37. The second-order valence-electron chi connectivity index (χ2n) is 5.78. The van der Waals surface area contributed by atoms with E-state index in [1.807, 2.05) is 30.5 Å². The number of fused-ring (bicyclic) bond motifs is 1. The molecule has 0 spiro atoms. The lowest BCUT2D eigenvalue weighted by Gasteiger charge is -2.09. The van der Waals surface area contributed by atoms with Gasteiger partial charge in [-0.3, -0.25) is 13.9 Å². The van der Waals surface area contributed by atoms with Gasteiger partial charge in [-0.1, -0.05) is 48.5 Å². The first-order chi connectivity index (χ1) is 11.4. The van der Waals surface area contributed by atoms with Crippen LogP contribution in [0.3, 0.4) is 0 Å². The first kappa shape index (κ1) is 16.6. The average molecular weight is 344 g/mol. The van der Waals surface area contributed by atoms with Crippen molar-refractivity contribution in [2.75, 3.05) is 5.75 Å². The summed E-state index contributed by atoms with van der Waals surface area (Å²) in [5, 5.41) is 0.756. The maximum absolute atomic E-state index is 12.7. The maximum Gasteiger partial charge on any atom is 0.332 e. The van der Waals surface area contributed by atoms with E-state index in [2.05, 4.69) is 17.1 Å². The Kier molecular flexibility index (Phi) is 4.36. The van der Waals surface area contributed by atoms with E-state index in [1.54, 1.807) is 18.8 Å². The minimum Gasteiger partial charge on any atom is -0.309 e. The van der Waals surface area contributed by atoms with E-state index in [1.165, 1.54) is 17.2 Å². The van der Waals surface area contributed by atoms with E-state index < -0.39 is 0 Å². The molecule has 6 nitrogen and oxygen atoms in total. The number of benzene rings is 1. The van der Waals surface area contributed by atoms with Gasteiger partial charge < -0.3 is 4.57 Å². The van der Waals surface area contributed by atoms with Crippen molar-refractivity contribution in [1.82, 2.24) is 18.7 Å². The van der Waals surface area contributed by atoms with Crippen LogP contribution in [-0.2, 0) is 20.6 Å². The van der Waals surface area contributed by atoms with Crippen LogP contribution in [0.15, 0.2) is 39.0 Å². The van der Waals surface area contributed by atoms with Crippen LogP contribution in [0.25, 0.3) is 11.2 Å². The number of rotatable bonds is 4. The minimum atomic E-state index is -0.361. The second-order valence-corrected chi connectivity index (χ2v) is 7.01. The molecule has 0 unspecified atom stereocenters. The first-order valence-electron chi connectivity index (χ1n) is 7.78. The summed E-state index contributed by atoms with van der Waals surface area (Å²) in [6.45, 7) is 4.63. The summed E-state index contributed by atoms with van der Waals surface area (Å²) in [6.07, 6.45) is 0. The van der Waals surface area contributed by atoms with Crippen molar-refractivity contribution in [3.8, 4) is 0 Å². The smallest absolute Gasteiger partial charge is 0.309 e. The number of hydrogen-bond acceptors (Lipinski definition) is 4. The van der Waals surface area contributed by atoms with Gasteiger partial charge in [-0.2, -0.15) is 0 Å². The Balaban J connectivity index is 2.28.